The predicted octanol–water partition coefficient (Wildman–Crippen LogP) is 3.77. The standard InChI is InChI=1S/C20H34F2N4O/c1-6-23-20(24-11-7-8-12-26(5)15(2)3)25-14-17-13-16(4)9-10-18(17)27-19(21)22/h9-10,13,15,19H,6-8,11-12,14H2,1-5H3,(H2,23,24,25). The third-order valence-electron chi connectivity index (χ3n) is 4.30. The quantitative estimate of drug-likeness (QED) is 0.346. The van der Waals surface area contributed by atoms with Gasteiger partial charge in [-0.3, -0.25) is 0 Å². The fourth-order valence-electron chi connectivity index (χ4n) is 2.50. The van der Waals surface area contributed by atoms with Crippen molar-refractivity contribution in [3.8, 4) is 5.75 Å². The lowest BCUT2D eigenvalue weighted by Crippen LogP contribution is -2.38. The summed E-state index contributed by atoms with van der Waals surface area (Å²) in [6, 6.07) is 5.70. The molecular weight excluding hydrogens is 350 g/mol. The van der Waals surface area contributed by atoms with Crippen molar-refractivity contribution in [1.29, 1.82) is 0 Å². The molecule has 1 aromatic carbocycles. The van der Waals surface area contributed by atoms with Crippen molar-refractivity contribution in [3.05, 3.63) is 29.3 Å². The lowest BCUT2D eigenvalue weighted by molar-refractivity contribution is -0.0504. The van der Waals surface area contributed by atoms with Gasteiger partial charge in [-0.15, -0.1) is 0 Å². The minimum Gasteiger partial charge on any atom is -0.434 e. The summed E-state index contributed by atoms with van der Waals surface area (Å²) >= 11 is 0. The largest absolute Gasteiger partial charge is 0.434 e. The summed E-state index contributed by atoms with van der Waals surface area (Å²) in [5.41, 5.74) is 1.63. The maximum atomic E-state index is 12.6. The molecule has 0 heterocycles. The summed E-state index contributed by atoms with van der Waals surface area (Å²) in [7, 11) is 2.13. The molecule has 5 nitrogen and oxygen atoms in total. The second-order valence-corrected chi connectivity index (χ2v) is 6.89. The van der Waals surface area contributed by atoms with Crippen molar-refractivity contribution >= 4 is 5.96 Å². The smallest absolute Gasteiger partial charge is 0.387 e. The number of rotatable bonds is 11. The van der Waals surface area contributed by atoms with Crippen LogP contribution in [0, 0.1) is 6.92 Å². The Balaban J connectivity index is 2.59. The van der Waals surface area contributed by atoms with E-state index in [-0.39, 0.29) is 12.3 Å². The van der Waals surface area contributed by atoms with Gasteiger partial charge in [0.25, 0.3) is 0 Å². The molecule has 1 rings (SSSR count). The van der Waals surface area contributed by atoms with Crippen LogP contribution in [0.3, 0.4) is 0 Å². The summed E-state index contributed by atoms with van der Waals surface area (Å²) in [6.07, 6.45) is 2.14. The van der Waals surface area contributed by atoms with E-state index in [9.17, 15) is 8.78 Å². The zero-order valence-corrected chi connectivity index (χ0v) is 17.2. The Bertz CT molecular complexity index is 579. The van der Waals surface area contributed by atoms with E-state index in [4.69, 9.17) is 0 Å². The highest BCUT2D eigenvalue weighted by Crippen LogP contribution is 2.22. The van der Waals surface area contributed by atoms with Gasteiger partial charge in [0, 0.05) is 24.7 Å². The van der Waals surface area contributed by atoms with E-state index in [1.54, 1.807) is 12.1 Å². The second kappa shape index (κ2) is 12.5. The first-order valence-corrected chi connectivity index (χ1v) is 9.60. The van der Waals surface area contributed by atoms with Gasteiger partial charge in [-0.25, -0.2) is 4.99 Å². The van der Waals surface area contributed by atoms with E-state index in [1.807, 2.05) is 19.9 Å². The Kier molecular flexibility index (Phi) is 10.7. The fourth-order valence-corrected chi connectivity index (χ4v) is 2.50. The first-order chi connectivity index (χ1) is 12.8. The average molecular weight is 385 g/mol. The number of hydrogen-bond acceptors (Lipinski definition) is 3. The van der Waals surface area contributed by atoms with Gasteiger partial charge >= 0.3 is 6.61 Å². The van der Waals surface area contributed by atoms with E-state index in [2.05, 4.69) is 46.2 Å². The molecule has 0 unspecified atom stereocenters. The van der Waals surface area contributed by atoms with Gasteiger partial charge in [-0.05, 0) is 60.2 Å². The third-order valence-corrected chi connectivity index (χ3v) is 4.30. The molecule has 27 heavy (non-hydrogen) atoms. The van der Waals surface area contributed by atoms with E-state index >= 15 is 0 Å². The summed E-state index contributed by atoms with van der Waals surface area (Å²) in [5.74, 6) is 0.853. The number of hydrogen-bond donors (Lipinski definition) is 2. The Hall–Kier alpha value is -1.89. The number of aliphatic imine (C=N–C) groups is 1. The van der Waals surface area contributed by atoms with Crippen LogP contribution in [-0.4, -0.2) is 50.2 Å². The first kappa shape index (κ1) is 23.1. The molecule has 0 aromatic heterocycles. The Morgan fingerprint density at radius 2 is 1.96 bits per heavy atom. The number of ether oxygens (including phenoxy) is 1. The van der Waals surface area contributed by atoms with Crippen LogP contribution in [0.1, 0.15) is 44.7 Å². The lowest BCUT2D eigenvalue weighted by Gasteiger charge is -2.20. The average Bonchev–Trinajstić information content (AvgIpc) is 2.60. The van der Waals surface area contributed by atoms with E-state index < -0.39 is 6.61 Å². The van der Waals surface area contributed by atoms with Crippen LogP contribution in [0.4, 0.5) is 8.78 Å². The van der Waals surface area contributed by atoms with Gasteiger partial charge in [0.05, 0.1) is 6.54 Å². The molecule has 154 valence electrons. The summed E-state index contributed by atoms with van der Waals surface area (Å²) in [6.45, 7) is 8.31. The van der Waals surface area contributed by atoms with Gasteiger partial charge in [0.15, 0.2) is 5.96 Å². The summed E-state index contributed by atoms with van der Waals surface area (Å²) < 4.78 is 29.8. The van der Waals surface area contributed by atoms with Crippen molar-refractivity contribution in [2.75, 3.05) is 26.7 Å². The molecule has 2 N–H and O–H groups in total. The number of alkyl halides is 2. The van der Waals surface area contributed by atoms with Crippen LogP contribution >= 0.6 is 0 Å². The number of aryl methyl sites for hydroxylation is 1. The molecule has 0 bridgehead atoms. The van der Waals surface area contributed by atoms with Gasteiger partial charge in [0.1, 0.15) is 5.75 Å². The highest BCUT2D eigenvalue weighted by Gasteiger charge is 2.10. The van der Waals surface area contributed by atoms with E-state index in [0.29, 0.717) is 17.6 Å². The Labute approximate surface area is 162 Å². The maximum Gasteiger partial charge on any atom is 0.387 e. The van der Waals surface area contributed by atoms with Crippen LogP contribution in [0.2, 0.25) is 0 Å². The molecule has 0 saturated carbocycles. The SMILES string of the molecule is CCNC(=NCc1cc(C)ccc1OC(F)F)NCCCCN(C)C(C)C. The Morgan fingerprint density at radius 3 is 2.59 bits per heavy atom. The Morgan fingerprint density at radius 1 is 1.22 bits per heavy atom. The molecule has 0 spiro atoms. The van der Waals surface area contributed by atoms with Crippen molar-refractivity contribution < 1.29 is 13.5 Å². The second-order valence-electron chi connectivity index (χ2n) is 6.89. The first-order valence-electron chi connectivity index (χ1n) is 9.60. The fraction of sp³-hybridized carbons (Fsp3) is 0.650. The van der Waals surface area contributed by atoms with Crippen molar-refractivity contribution in [1.82, 2.24) is 15.5 Å². The third kappa shape index (κ3) is 9.56. The van der Waals surface area contributed by atoms with Crippen molar-refractivity contribution in [2.24, 2.45) is 4.99 Å². The molecule has 0 aliphatic rings. The van der Waals surface area contributed by atoms with E-state index in [0.717, 1.165) is 38.0 Å². The number of benzene rings is 1. The normalized spacial score (nSPS) is 12.1. The number of halogens is 2. The van der Waals surface area contributed by atoms with Crippen LogP contribution < -0.4 is 15.4 Å². The lowest BCUT2D eigenvalue weighted by atomic mass is 10.1. The molecule has 0 radical (unpaired) electrons. The molecule has 1 aromatic rings. The van der Waals surface area contributed by atoms with Crippen LogP contribution in [0.5, 0.6) is 5.75 Å². The van der Waals surface area contributed by atoms with Gasteiger partial charge in [0.2, 0.25) is 0 Å². The van der Waals surface area contributed by atoms with Crippen molar-refractivity contribution in [2.45, 2.75) is 59.7 Å². The minimum atomic E-state index is -2.84. The molecule has 0 atom stereocenters. The van der Waals surface area contributed by atoms with Crippen LogP contribution in [-0.2, 0) is 6.54 Å². The monoisotopic (exact) mass is 384 g/mol. The number of nitrogens with zero attached hydrogens (tertiary/aromatic N) is 2. The highest BCUT2D eigenvalue weighted by atomic mass is 19.3. The zero-order valence-electron chi connectivity index (χ0n) is 17.2. The van der Waals surface area contributed by atoms with E-state index in [1.165, 1.54) is 0 Å². The molecule has 0 fully saturated rings. The van der Waals surface area contributed by atoms with Gasteiger partial charge in [-0.2, -0.15) is 8.78 Å². The minimum absolute atomic E-state index is 0.173. The summed E-state index contributed by atoms with van der Waals surface area (Å²) in [5, 5.41) is 6.49. The molecule has 0 amide bonds. The summed E-state index contributed by atoms with van der Waals surface area (Å²) in [4.78, 5) is 6.83. The number of unbranched alkanes of at least 4 members (excludes halogenated alkanes) is 1. The maximum absolute atomic E-state index is 12.6. The molecule has 0 aliphatic heterocycles. The highest BCUT2D eigenvalue weighted by molar-refractivity contribution is 5.79. The molecule has 0 aliphatic carbocycles. The van der Waals surface area contributed by atoms with Gasteiger partial charge in [-0.1, -0.05) is 17.7 Å². The molecule has 7 heteroatoms. The van der Waals surface area contributed by atoms with Crippen molar-refractivity contribution in [3.63, 3.8) is 0 Å². The topological polar surface area (TPSA) is 48.9 Å². The van der Waals surface area contributed by atoms with Crippen LogP contribution in [0.25, 0.3) is 0 Å². The number of nitrogens with one attached hydrogen (secondary N) is 2. The number of guanidine groups is 1. The van der Waals surface area contributed by atoms with Crippen LogP contribution in [0.15, 0.2) is 23.2 Å². The zero-order chi connectivity index (χ0) is 20.2. The molecular formula is C20H34F2N4O. The molecule has 0 saturated heterocycles. The predicted molar refractivity (Wildman–Crippen MR) is 108 cm³/mol. The van der Waals surface area contributed by atoms with Gasteiger partial charge < -0.3 is 20.3 Å².